The Morgan fingerprint density at radius 1 is 1.25 bits per heavy atom. The van der Waals surface area contributed by atoms with Crippen LogP contribution in [-0.2, 0) is 4.74 Å². The van der Waals surface area contributed by atoms with E-state index in [-0.39, 0.29) is 18.1 Å². The van der Waals surface area contributed by atoms with Gasteiger partial charge in [-0.25, -0.2) is 0 Å². The third kappa shape index (κ3) is 6.04. The summed E-state index contributed by atoms with van der Waals surface area (Å²) in [6.07, 6.45) is 4.05. The van der Waals surface area contributed by atoms with Crippen LogP contribution in [0.5, 0.6) is 5.75 Å². The van der Waals surface area contributed by atoms with E-state index in [4.69, 9.17) is 39.0 Å². The average Bonchev–Trinajstić information content (AvgIpc) is 2.81. The number of carbonyl (C=O) groups excluding carboxylic acids is 1. The largest absolute Gasteiger partial charge is 0.496 e. The fourth-order valence-corrected chi connectivity index (χ4v) is 5.01. The van der Waals surface area contributed by atoms with Crippen molar-refractivity contribution in [1.29, 1.82) is 0 Å². The van der Waals surface area contributed by atoms with Crippen molar-refractivity contribution in [3.63, 3.8) is 0 Å². The Kier molecular flexibility index (Phi) is 8.99. The zero-order valence-corrected chi connectivity index (χ0v) is 20.8. The number of amides is 1. The van der Waals surface area contributed by atoms with E-state index in [1.54, 1.807) is 19.2 Å². The van der Waals surface area contributed by atoms with E-state index in [9.17, 15) is 4.79 Å². The third-order valence-electron chi connectivity index (χ3n) is 6.61. The topological polar surface area (TPSA) is 80.1 Å². The molecule has 1 aromatic rings. The predicted octanol–water partition coefficient (Wildman–Crippen LogP) is 3.20. The second-order valence-corrected chi connectivity index (χ2v) is 9.53. The molecule has 3 N–H and O–H groups in total. The first-order chi connectivity index (χ1) is 15.4. The summed E-state index contributed by atoms with van der Waals surface area (Å²) in [5.41, 5.74) is 6.59. The lowest BCUT2D eigenvalue weighted by Crippen LogP contribution is -2.55. The zero-order valence-electron chi connectivity index (χ0n) is 19.2. The number of thiocarbonyl (C=S) groups is 1. The summed E-state index contributed by atoms with van der Waals surface area (Å²) >= 11 is 11.6. The standard InChI is InChI=1S/C23H35ClN4O3S/c1-4-22(32)28-9-5-15(6-10-28)13-27-8-7-19(21(14-27)31-3)26-23(29)16-11-17(24)18(25)12-20(16)30-2/h11-12,15,19,21H,4-10,13-14,25H2,1-3H3,(H,26,29). The lowest BCUT2D eigenvalue weighted by molar-refractivity contribution is -0.000282. The molecule has 2 fully saturated rings. The Balaban J connectivity index is 1.54. The molecule has 2 saturated heterocycles. The molecule has 2 atom stereocenters. The fourth-order valence-electron chi connectivity index (χ4n) is 4.67. The average molecular weight is 483 g/mol. The number of piperidine rings is 2. The molecule has 2 aliphatic heterocycles. The molecule has 32 heavy (non-hydrogen) atoms. The highest BCUT2D eigenvalue weighted by Crippen LogP contribution is 2.29. The van der Waals surface area contributed by atoms with Crippen molar-refractivity contribution in [1.82, 2.24) is 15.1 Å². The number of methoxy groups -OCH3 is 2. The van der Waals surface area contributed by atoms with Gasteiger partial charge in [0.1, 0.15) is 5.75 Å². The number of benzene rings is 1. The van der Waals surface area contributed by atoms with Crippen LogP contribution in [0.15, 0.2) is 12.1 Å². The highest BCUT2D eigenvalue weighted by atomic mass is 35.5. The number of hydrogen-bond donors (Lipinski definition) is 2. The van der Waals surface area contributed by atoms with Crippen LogP contribution >= 0.6 is 23.8 Å². The van der Waals surface area contributed by atoms with Gasteiger partial charge in [-0.1, -0.05) is 30.7 Å². The van der Waals surface area contributed by atoms with E-state index < -0.39 is 0 Å². The van der Waals surface area contributed by atoms with E-state index in [1.165, 1.54) is 20.0 Å². The van der Waals surface area contributed by atoms with Gasteiger partial charge in [0, 0.05) is 45.9 Å². The molecule has 0 aromatic heterocycles. The van der Waals surface area contributed by atoms with E-state index in [1.807, 2.05) is 0 Å². The number of nitrogens with one attached hydrogen (secondary N) is 1. The number of nitrogens with two attached hydrogens (primary N) is 1. The Labute approximate surface area is 201 Å². The number of halogens is 1. The number of hydrogen-bond acceptors (Lipinski definition) is 6. The van der Waals surface area contributed by atoms with Crippen molar-refractivity contribution >= 4 is 40.4 Å². The summed E-state index contributed by atoms with van der Waals surface area (Å²) in [5.74, 6) is 0.851. The maximum absolute atomic E-state index is 13.0. The van der Waals surface area contributed by atoms with Crippen LogP contribution in [0, 0.1) is 5.92 Å². The Morgan fingerprint density at radius 2 is 1.97 bits per heavy atom. The van der Waals surface area contributed by atoms with Gasteiger partial charge in [-0.2, -0.15) is 0 Å². The molecule has 1 aromatic carbocycles. The summed E-state index contributed by atoms with van der Waals surface area (Å²) in [6, 6.07) is 3.05. The van der Waals surface area contributed by atoms with E-state index >= 15 is 0 Å². The number of likely N-dealkylation sites (tertiary alicyclic amines) is 2. The van der Waals surface area contributed by atoms with E-state index in [2.05, 4.69) is 22.0 Å². The number of rotatable bonds is 7. The van der Waals surface area contributed by atoms with Gasteiger partial charge in [0.2, 0.25) is 0 Å². The maximum Gasteiger partial charge on any atom is 0.255 e. The molecule has 0 radical (unpaired) electrons. The van der Waals surface area contributed by atoms with Crippen LogP contribution < -0.4 is 15.8 Å². The molecule has 2 heterocycles. The molecule has 3 rings (SSSR count). The summed E-state index contributed by atoms with van der Waals surface area (Å²) < 4.78 is 11.1. The van der Waals surface area contributed by atoms with Gasteiger partial charge in [0.15, 0.2) is 0 Å². The van der Waals surface area contributed by atoms with Crippen molar-refractivity contribution in [2.75, 3.05) is 52.7 Å². The molecule has 2 unspecified atom stereocenters. The second-order valence-electron chi connectivity index (χ2n) is 8.65. The molecular formula is C23H35ClN4O3S. The zero-order chi connectivity index (χ0) is 23.3. The van der Waals surface area contributed by atoms with Crippen LogP contribution in [-0.4, -0.2) is 79.8 Å². The van der Waals surface area contributed by atoms with Gasteiger partial charge in [0.25, 0.3) is 5.91 Å². The molecule has 1 amide bonds. The minimum atomic E-state index is -0.233. The van der Waals surface area contributed by atoms with E-state index in [0.717, 1.165) is 50.6 Å². The normalized spacial score (nSPS) is 22.6. The predicted molar refractivity (Wildman–Crippen MR) is 133 cm³/mol. The number of carbonyl (C=O) groups is 1. The quantitative estimate of drug-likeness (QED) is 0.456. The lowest BCUT2D eigenvalue weighted by Gasteiger charge is -2.41. The summed E-state index contributed by atoms with van der Waals surface area (Å²) in [4.78, 5) is 18.9. The lowest BCUT2D eigenvalue weighted by atomic mass is 9.94. The molecule has 0 saturated carbocycles. The van der Waals surface area contributed by atoms with Gasteiger partial charge in [-0.15, -0.1) is 0 Å². The van der Waals surface area contributed by atoms with Crippen molar-refractivity contribution < 1.29 is 14.3 Å². The molecule has 9 heteroatoms. The number of anilines is 1. The maximum atomic E-state index is 13.0. The Bertz CT molecular complexity index is 817. The summed E-state index contributed by atoms with van der Waals surface area (Å²) in [7, 11) is 3.22. The fraction of sp³-hybridized carbons (Fsp3) is 0.652. The van der Waals surface area contributed by atoms with Gasteiger partial charge in [-0.05, 0) is 37.7 Å². The van der Waals surface area contributed by atoms with Crippen molar-refractivity contribution in [3.8, 4) is 5.75 Å². The van der Waals surface area contributed by atoms with Crippen molar-refractivity contribution in [2.45, 2.75) is 44.8 Å². The second kappa shape index (κ2) is 11.5. The van der Waals surface area contributed by atoms with Crippen LogP contribution in [0.3, 0.4) is 0 Å². The van der Waals surface area contributed by atoms with Crippen LogP contribution in [0.1, 0.15) is 43.0 Å². The first kappa shape index (κ1) is 25.0. The van der Waals surface area contributed by atoms with Gasteiger partial charge in [0.05, 0.1) is 40.5 Å². The number of nitrogen functional groups attached to an aromatic ring is 1. The Hall–Kier alpha value is -1.61. The molecule has 0 spiro atoms. The minimum Gasteiger partial charge on any atom is -0.496 e. The first-order valence-corrected chi connectivity index (χ1v) is 12.1. The number of ether oxygens (including phenoxy) is 2. The van der Waals surface area contributed by atoms with Crippen molar-refractivity contribution in [2.24, 2.45) is 5.92 Å². The smallest absolute Gasteiger partial charge is 0.255 e. The highest BCUT2D eigenvalue weighted by Gasteiger charge is 2.33. The van der Waals surface area contributed by atoms with Gasteiger partial charge >= 0.3 is 0 Å². The molecule has 178 valence electrons. The van der Waals surface area contributed by atoms with Crippen LogP contribution in [0.25, 0.3) is 0 Å². The Morgan fingerprint density at radius 3 is 2.59 bits per heavy atom. The molecule has 7 nitrogen and oxygen atoms in total. The van der Waals surface area contributed by atoms with Gasteiger partial charge < -0.3 is 30.3 Å². The monoisotopic (exact) mass is 482 g/mol. The molecule has 0 aliphatic carbocycles. The van der Waals surface area contributed by atoms with Crippen LogP contribution in [0.2, 0.25) is 5.02 Å². The number of nitrogens with zero attached hydrogens (tertiary/aromatic N) is 2. The minimum absolute atomic E-state index is 0.0734. The summed E-state index contributed by atoms with van der Waals surface area (Å²) in [6.45, 7) is 7.04. The van der Waals surface area contributed by atoms with Crippen LogP contribution in [0.4, 0.5) is 5.69 Å². The van der Waals surface area contributed by atoms with Crippen molar-refractivity contribution in [3.05, 3.63) is 22.7 Å². The summed E-state index contributed by atoms with van der Waals surface area (Å²) in [5, 5.41) is 3.45. The first-order valence-electron chi connectivity index (χ1n) is 11.3. The third-order valence-corrected chi connectivity index (χ3v) is 7.49. The molecular weight excluding hydrogens is 448 g/mol. The van der Waals surface area contributed by atoms with Gasteiger partial charge in [-0.3, -0.25) is 4.79 Å². The molecule has 2 aliphatic rings. The SMILES string of the molecule is CCC(=S)N1CCC(CN2CCC(NC(=O)c3cc(Cl)c(N)cc3OC)C(OC)C2)CC1. The van der Waals surface area contributed by atoms with E-state index in [0.29, 0.717) is 27.9 Å². The highest BCUT2D eigenvalue weighted by molar-refractivity contribution is 7.80. The molecule has 0 bridgehead atoms.